The summed E-state index contributed by atoms with van der Waals surface area (Å²) >= 11 is 3.34. The van der Waals surface area contributed by atoms with E-state index in [9.17, 15) is 9.90 Å². The highest BCUT2D eigenvalue weighted by molar-refractivity contribution is 9.10. The van der Waals surface area contributed by atoms with Crippen LogP contribution in [0.2, 0.25) is 0 Å². The van der Waals surface area contributed by atoms with Crippen molar-refractivity contribution in [1.82, 2.24) is 0 Å². The van der Waals surface area contributed by atoms with Crippen molar-refractivity contribution in [2.45, 2.75) is 38.5 Å². The molecule has 18 heavy (non-hydrogen) atoms. The van der Waals surface area contributed by atoms with Gasteiger partial charge in [-0.1, -0.05) is 13.0 Å². The van der Waals surface area contributed by atoms with Crippen LogP contribution in [0.15, 0.2) is 16.6 Å². The molecule has 0 radical (unpaired) electrons. The Labute approximate surface area is 115 Å². The third-order valence-electron chi connectivity index (χ3n) is 3.55. The van der Waals surface area contributed by atoms with E-state index in [1.807, 2.05) is 19.1 Å². The lowest BCUT2D eigenvalue weighted by atomic mass is 9.89. The molecule has 0 aliphatic heterocycles. The van der Waals surface area contributed by atoms with Gasteiger partial charge in [-0.15, -0.1) is 0 Å². The van der Waals surface area contributed by atoms with Gasteiger partial charge in [0.05, 0.1) is 10.9 Å². The molecule has 0 amide bonds. The first kappa shape index (κ1) is 13.4. The monoisotopic (exact) mass is 312 g/mol. The Kier molecular flexibility index (Phi) is 3.95. The molecule has 1 fully saturated rings. The molecular weight excluding hydrogens is 296 g/mol. The minimum absolute atomic E-state index is 0.0645. The van der Waals surface area contributed by atoms with Crippen LogP contribution >= 0.6 is 15.9 Å². The number of carboxylic acid groups (broad SMARTS) is 1. The van der Waals surface area contributed by atoms with Crippen molar-refractivity contribution in [3.63, 3.8) is 0 Å². The number of halogens is 1. The van der Waals surface area contributed by atoms with Crippen molar-refractivity contribution in [3.05, 3.63) is 27.7 Å². The minimum atomic E-state index is -0.802. The quantitative estimate of drug-likeness (QED) is 0.872. The van der Waals surface area contributed by atoms with Crippen LogP contribution in [0, 0.1) is 5.92 Å². The molecule has 1 aromatic rings. The second-order valence-corrected chi connectivity index (χ2v) is 5.77. The van der Waals surface area contributed by atoms with E-state index in [-0.39, 0.29) is 18.1 Å². The molecule has 2 rings (SSSR count). The number of phenols is 1. The fourth-order valence-corrected chi connectivity index (χ4v) is 2.91. The summed E-state index contributed by atoms with van der Waals surface area (Å²) in [5.41, 5.74) is 1.90. The molecule has 4 heteroatoms. The average molecular weight is 313 g/mol. The van der Waals surface area contributed by atoms with Gasteiger partial charge < -0.3 is 10.2 Å². The van der Waals surface area contributed by atoms with Crippen molar-refractivity contribution in [1.29, 1.82) is 0 Å². The molecule has 1 unspecified atom stereocenters. The second kappa shape index (κ2) is 5.31. The minimum Gasteiger partial charge on any atom is -0.506 e. The van der Waals surface area contributed by atoms with Crippen LogP contribution in [-0.2, 0) is 11.2 Å². The molecular formula is C14H17BrO3. The van der Waals surface area contributed by atoms with E-state index >= 15 is 0 Å². The maximum Gasteiger partial charge on any atom is 0.303 e. The van der Waals surface area contributed by atoms with E-state index < -0.39 is 5.97 Å². The number of benzene rings is 1. The Hall–Kier alpha value is -1.03. The zero-order valence-electron chi connectivity index (χ0n) is 10.3. The number of hydrogen-bond acceptors (Lipinski definition) is 2. The number of aryl methyl sites for hydroxylation is 1. The number of aliphatic carboxylic acids is 1. The van der Waals surface area contributed by atoms with E-state index in [1.54, 1.807) is 0 Å². The van der Waals surface area contributed by atoms with E-state index in [0.29, 0.717) is 10.4 Å². The highest BCUT2D eigenvalue weighted by Crippen LogP contribution is 2.48. The first-order chi connectivity index (χ1) is 8.52. The molecule has 98 valence electrons. The summed E-state index contributed by atoms with van der Waals surface area (Å²) in [6, 6.07) is 3.84. The summed E-state index contributed by atoms with van der Waals surface area (Å²) in [6.45, 7) is 2.05. The van der Waals surface area contributed by atoms with Crippen molar-refractivity contribution in [2.24, 2.45) is 5.92 Å². The average Bonchev–Trinajstić information content (AvgIpc) is 3.13. The molecule has 0 aromatic heterocycles. The van der Waals surface area contributed by atoms with Crippen LogP contribution in [0.1, 0.15) is 43.2 Å². The Balaban J connectivity index is 2.39. The molecule has 1 atom stereocenters. The van der Waals surface area contributed by atoms with Gasteiger partial charge in [-0.2, -0.15) is 0 Å². The predicted octanol–water partition coefficient (Wildman–Crippen LogP) is 3.69. The smallest absolute Gasteiger partial charge is 0.303 e. The van der Waals surface area contributed by atoms with Gasteiger partial charge in [0.1, 0.15) is 5.75 Å². The molecule has 1 aromatic carbocycles. The summed E-state index contributed by atoms with van der Waals surface area (Å²) in [7, 11) is 0. The lowest BCUT2D eigenvalue weighted by molar-refractivity contribution is -0.137. The summed E-state index contributed by atoms with van der Waals surface area (Å²) in [5.74, 6) is -0.258. The van der Waals surface area contributed by atoms with Gasteiger partial charge in [0.25, 0.3) is 0 Å². The zero-order chi connectivity index (χ0) is 13.3. The summed E-state index contributed by atoms with van der Waals surface area (Å²) in [4.78, 5) is 11.0. The maximum atomic E-state index is 11.0. The third-order valence-corrected chi connectivity index (χ3v) is 4.15. The van der Waals surface area contributed by atoms with Crippen molar-refractivity contribution < 1.29 is 15.0 Å². The standard InChI is InChI=1S/C14H17BrO3/c1-2-8-5-11(14(18)12(15)6-8)10(7-13(16)17)9-3-4-9/h5-6,9-10,18H,2-4,7H2,1H3,(H,16,17). The Bertz CT molecular complexity index is 466. The van der Waals surface area contributed by atoms with E-state index in [1.165, 1.54) is 0 Å². The lowest BCUT2D eigenvalue weighted by Gasteiger charge is -2.18. The van der Waals surface area contributed by atoms with Crippen molar-refractivity contribution >= 4 is 21.9 Å². The molecule has 3 nitrogen and oxygen atoms in total. The van der Waals surface area contributed by atoms with Crippen LogP contribution in [0.25, 0.3) is 0 Å². The van der Waals surface area contributed by atoms with E-state index in [0.717, 1.165) is 30.4 Å². The van der Waals surface area contributed by atoms with E-state index in [2.05, 4.69) is 15.9 Å². The molecule has 0 bridgehead atoms. The summed E-state index contributed by atoms with van der Waals surface area (Å²) in [6.07, 6.45) is 3.09. The van der Waals surface area contributed by atoms with Crippen LogP contribution in [0.3, 0.4) is 0 Å². The van der Waals surface area contributed by atoms with Gasteiger partial charge >= 0.3 is 5.97 Å². The first-order valence-corrected chi connectivity index (χ1v) is 7.05. The molecule has 0 saturated heterocycles. The van der Waals surface area contributed by atoms with Gasteiger partial charge in [-0.05, 0) is 58.3 Å². The fourth-order valence-electron chi connectivity index (χ4n) is 2.38. The highest BCUT2D eigenvalue weighted by atomic mass is 79.9. The van der Waals surface area contributed by atoms with Gasteiger partial charge in [-0.25, -0.2) is 0 Å². The van der Waals surface area contributed by atoms with Crippen LogP contribution in [0.4, 0.5) is 0 Å². The van der Waals surface area contributed by atoms with Crippen LogP contribution < -0.4 is 0 Å². The SMILES string of the molecule is CCc1cc(Br)c(O)c(C(CC(=O)O)C2CC2)c1. The Morgan fingerprint density at radius 1 is 1.50 bits per heavy atom. The highest BCUT2D eigenvalue weighted by Gasteiger charge is 2.35. The molecule has 1 aliphatic carbocycles. The normalized spacial score (nSPS) is 16.6. The van der Waals surface area contributed by atoms with E-state index in [4.69, 9.17) is 5.11 Å². The summed E-state index contributed by atoms with van der Waals surface area (Å²) in [5, 5.41) is 19.2. The van der Waals surface area contributed by atoms with Crippen LogP contribution in [0.5, 0.6) is 5.75 Å². The third kappa shape index (κ3) is 2.86. The second-order valence-electron chi connectivity index (χ2n) is 4.91. The maximum absolute atomic E-state index is 11.0. The zero-order valence-corrected chi connectivity index (χ0v) is 11.9. The van der Waals surface area contributed by atoms with Gasteiger partial charge in [0.2, 0.25) is 0 Å². The van der Waals surface area contributed by atoms with Gasteiger partial charge in [0, 0.05) is 5.92 Å². The van der Waals surface area contributed by atoms with Crippen molar-refractivity contribution in [3.8, 4) is 5.75 Å². The molecule has 2 N–H and O–H groups in total. The number of carbonyl (C=O) groups is 1. The van der Waals surface area contributed by atoms with Crippen LogP contribution in [-0.4, -0.2) is 16.2 Å². The summed E-state index contributed by atoms with van der Waals surface area (Å²) < 4.78 is 0.660. The molecule has 1 aliphatic rings. The molecule has 1 saturated carbocycles. The topological polar surface area (TPSA) is 57.5 Å². The number of phenolic OH excluding ortho intramolecular Hbond substituents is 1. The Morgan fingerprint density at radius 2 is 2.17 bits per heavy atom. The number of rotatable bonds is 5. The number of hydrogen-bond donors (Lipinski definition) is 2. The number of carboxylic acids is 1. The van der Waals surface area contributed by atoms with Gasteiger partial charge in [0.15, 0.2) is 0 Å². The largest absolute Gasteiger partial charge is 0.506 e. The fraction of sp³-hybridized carbons (Fsp3) is 0.500. The molecule has 0 spiro atoms. The first-order valence-electron chi connectivity index (χ1n) is 6.26. The van der Waals surface area contributed by atoms with Gasteiger partial charge in [-0.3, -0.25) is 4.79 Å². The van der Waals surface area contributed by atoms with Crippen molar-refractivity contribution in [2.75, 3.05) is 0 Å². The lowest BCUT2D eigenvalue weighted by Crippen LogP contribution is -2.09. The molecule has 0 heterocycles. The predicted molar refractivity (Wildman–Crippen MR) is 72.9 cm³/mol. The Morgan fingerprint density at radius 3 is 2.67 bits per heavy atom. The number of aromatic hydroxyl groups is 1.